The minimum atomic E-state index is -4.87. The molecular formula is C11H14N4O8S2. The van der Waals surface area contributed by atoms with Crippen LogP contribution in [0.2, 0.25) is 0 Å². The fraction of sp³-hybridized carbons (Fsp3) is 0.455. The summed E-state index contributed by atoms with van der Waals surface area (Å²) in [7, 11) is -8.98. The van der Waals surface area contributed by atoms with Crippen LogP contribution < -0.4 is 4.72 Å². The topological polar surface area (TPSA) is 170 Å². The molecule has 3 N–H and O–H groups in total. The minimum Gasteiger partial charge on any atom is -0.451 e. The molecule has 2 fully saturated rings. The van der Waals surface area contributed by atoms with E-state index in [-0.39, 0.29) is 24.5 Å². The number of hydrogen-bond donors (Lipinski definition) is 3. The van der Waals surface area contributed by atoms with Gasteiger partial charge < -0.3 is 9.32 Å². The van der Waals surface area contributed by atoms with Crippen LogP contribution in [-0.2, 0) is 24.7 Å². The number of fused-ring (bicyclic) bond motifs is 2. The first-order chi connectivity index (χ1) is 11.6. The summed E-state index contributed by atoms with van der Waals surface area (Å²) in [6.45, 7) is 0.0316. The third-order valence-electron chi connectivity index (χ3n) is 3.83. The van der Waals surface area contributed by atoms with E-state index in [2.05, 4.69) is 4.28 Å². The zero-order valence-electron chi connectivity index (χ0n) is 12.5. The first-order valence-electron chi connectivity index (χ1n) is 7.00. The number of carbonyl (C=O) groups is 1. The first kappa shape index (κ1) is 17.7. The molecule has 1 aromatic rings. The van der Waals surface area contributed by atoms with Gasteiger partial charge in [0, 0.05) is 6.54 Å². The van der Waals surface area contributed by atoms with E-state index >= 15 is 0 Å². The lowest BCUT2D eigenvalue weighted by molar-refractivity contribution is -0.0316. The molecular weight excluding hydrogens is 380 g/mol. The SMILES string of the molecule is N=C(NS(=O)(=O)c1ccco1)C1CCC2CN1C(=O)N2OS(=O)(=O)O. The normalized spacial score (nSPS) is 23.8. The van der Waals surface area contributed by atoms with Crippen LogP contribution in [0, 0.1) is 5.41 Å². The van der Waals surface area contributed by atoms with Crippen molar-refractivity contribution in [3.05, 3.63) is 18.4 Å². The summed E-state index contributed by atoms with van der Waals surface area (Å²) in [6.07, 6.45) is 1.63. The Bertz CT molecular complexity index is 895. The zero-order valence-corrected chi connectivity index (χ0v) is 14.2. The molecule has 0 aliphatic carbocycles. The third-order valence-corrected chi connectivity index (χ3v) is 5.43. The average molecular weight is 394 g/mol. The number of nitrogens with zero attached hydrogens (tertiary/aromatic N) is 2. The van der Waals surface area contributed by atoms with Crippen molar-refractivity contribution < 1.29 is 34.9 Å². The van der Waals surface area contributed by atoms with Crippen LogP contribution in [0.4, 0.5) is 4.79 Å². The molecule has 2 aliphatic heterocycles. The highest BCUT2D eigenvalue weighted by Gasteiger charge is 2.48. The second-order valence-corrected chi connectivity index (χ2v) is 8.08. The van der Waals surface area contributed by atoms with E-state index in [1.807, 2.05) is 4.72 Å². The maximum Gasteiger partial charge on any atom is 0.418 e. The molecule has 12 nitrogen and oxygen atoms in total. The van der Waals surface area contributed by atoms with Crippen molar-refractivity contribution in [3.8, 4) is 0 Å². The van der Waals surface area contributed by atoms with Crippen molar-refractivity contribution in [1.29, 1.82) is 5.41 Å². The number of piperidine rings is 1. The van der Waals surface area contributed by atoms with Gasteiger partial charge in [-0.3, -0.25) is 14.7 Å². The number of sulfonamides is 1. The van der Waals surface area contributed by atoms with Gasteiger partial charge in [-0.2, -0.15) is 21.9 Å². The summed E-state index contributed by atoms with van der Waals surface area (Å²) in [6, 6.07) is 0.156. The maximum atomic E-state index is 12.2. The van der Waals surface area contributed by atoms with Gasteiger partial charge in [0.1, 0.15) is 5.84 Å². The van der Waals surface area contributed by atoms with E-state index < -0.39 is 44.4 Å². The van der Waals surface area contributed by atoms with Crippen molar-refractivity contribution in [2.24, 2.45) is 0 Å². The fourth-order valence-corrected chi connectivity index (χ4v) is 4.17. The third kappa shape index (κ3) is 3.46. The number of urea groups is 1. The highest BCUT2D eigenvalue weighted by atomic mass is 32.3. The van der Waals surface area contributed by atoms with E-state index in [9.17, 15) is 21.6 Å². The maximum absolute atomic E-state index is 12.2. The predicted molar refractivity (Wildman–Crippen MR) is 80.1 cm³/mol. The number of hydrogen-bond acceptors (Lipinski definition) is 8. The largest absolute Gasteiger partial charge is 0.451 e. The van der Waals surface area contributed by atoms with E-state index in [0.717, 1.165) is 11.2 Å². The van der Waals surface area contributed by atoms with Crippen LogP contribution in [0.3, 0.4) is 0 Å². The molecule has 14 heteroatoms. The number of amidine groups is 1. The molecule has 0 spiro atoms. The van der Waals surface area contributed by atoms with Gasteiger partial charge in [0.05, 0.1) is 18.3 Å². The van der Waals surface area contributed by atoms with Gasteiger partial charge in [0.2, 0.25) is 5.09 Å². The van der Waals surface area contributed by atoms with Gasteiger partial charge >= 0.3 is 16.4 Å². The van der Waals surface area contributed by atoms with Crippen LogP contribution in [0.15, 0.2) is 27.9 Å². The molecule has 25 heavy (non-hydrogen) atoms. The van der Waals surface area contributed by atoms with Crippen molar-refractivity contribution >= 4 is 32.3 Å². The standard InChI is InChI=1S/C11H14N4O8S2/c12-10(13-24(17,18)9-2-1-5-22-9)8-4-3-7-6-14(8)11(16)15(7)23-25(19,20)21/h1-2,5,7-8H,3-4,6H2,(H2,12,13)(H,19,20,21). The molecule has 0 aromatic carbocycles. The van der Waals surface area contributed by atoms with Gasteiger partial charge in [-0.1, -0.05) is 0 Å². The van der Waals surface area contributed by atoms with E-state index in [1.54, 1.807) is 0 Å². The molecule has 0 radical (unpaired) electrons. The molecule has 2 amide bonds. The summed E-state index contributed by atoms with van der Waals surface area (Å²) in [4.78, 5) is 13.3. The molecule has 2 aliphatic rings. The summed E-state index contributed by atoms with van der Waals surface area (Å²) in [5.41, 5.74) is 0. The van der Waals surface area contributed by atoms with Gasteiger partial charge in [0.25, 0.3) is 10.0 Å². The summed E-state index contributed by atoms with van der Waals surface area (Å²) in [5, 5.41) is 8.11. The van der Waals surface area contributed by atoms with Gasteiger partial charge in [-0.15, -0.1) is 4.28 Å². The molecule has 2 unspecified atom stereocenters. The highest BCUT2D eigenvalue weighted by molar-refractivity contribution is 7.90. The molecule has 3 rings (SSSR count). The average Bonchev–Trinajstić information content (AvgIpc) is 3.11. The number of furan rings is 1. The summed E-state index contributed by atoms with van der Waals surface area (Å²) < 4.78 is 65.7. The van der Waals surface area contributed by atoms with Crippen LogP contribution in [0.1, 0.15) is 12.8 Å². The van der Waals surface area contributed by atoms with Gasteiger partial charge in [-0.05, 0) is 25.0 Å². The number of hydroxylamine groups is 2. The Morgan fingerprint density at radius 1 is 1.36 bits per heavy atom. The lowest BCUT2D eigenvalue weighted by atomic mass is 10.0. The van der Waals surface area contributed by atoms with Crippen molar-refractivity contribution in [3.63, 3.8) is 0 Å². The van der Waals surface area contributed by atoms with Crippen LogP contribution in [-0.4, -0.2) is 61.8 Å². The highest BCUT2D eigenvalue weighted by Crippen LogP contribution is 2.31. The van der Waals surface area contributed by atoms with E-state index in [0.29, 0.717) is 5.06 Å². The lowest BCUT2D eigenvalue weighted by Gasteiger charge is -2.30. The molecule has 2 atom stereocenters. The Balaban J connectivity index is 1.75. The molecule has 0 saturated carbocycles. The second-order valence-electron chi connectivity index (χ2n) is 5.46. The predicted octanol–water partition coefficient (Wildman–Crippen LogP) is -0.462. The smallest absolute Gasteiger partial charge is 0.418 e. The molecule has 138 valence electrons. The van der Waals surface area contributed by atoms with E-state index in [4.69, 9.17) is 14.4 Å². The Morgan fingerprint density at radius 3 is 2.68 bits per heavy atom. The number of nitrogens with one attached hydrogen (secondary N) is 2. The van der Waals surface area contributed by atoms with Gasteiger partial charge in [0.15, 0.2) is 0 Å². The number of carbonyl (C=O) groups excluding carboxylic acids is 1. The van der Waals surface area contributed by atoms with Gasteiger partial charge in [-0.25, -0.2) is 4.79 Å². The monoisotopic (exact) mass is 394 g/mol. The molecule has 2 bridgehead atoms. The molecule has 2 saturated heterocycles. The Hall–Kier alpha value is -2.16. The summed E-state index contributed by atoms with van der Waals surface area (Å²) >= 11 is 0. The zero-order chi connectivity index (χ0) is 18.4. The lowest BCUT2D eigenvalue weighted by Crippen LogP contribution is -2.50. The van der Waals surface area contributed by atoms with Crippen molar-refractivity contribution in [1.82, 2.24) is 14.7 Å². The minimum absolute atomic E-state index is 0.0316. The van der Waals surface area contributed by atoms with E-state index in [1.165, 1.54) is 12.1 Å². The quantitative estimate of drug-likeness (QED) is 0.342. The van der Waals surface area contributed by atoms with Crippen molar-refractivity contribution in [2.45, 2.75) is 30.0 Å². The number of amides is 2. The molecule has 1 aromatic heterocycles. The fourth-order valence-electron chi connectivity index (χ4n) is 2.81. The van der Waals surface area contributed by atoms with Crippen LogP contribution in [0.5, 0.6) is 0 Å². The Morgan fingerprint density at radius 2 is 2.08 bits per heavy atom. The second kappa shape index (κ2) is 5.98. The molecule has 3 heterocycles. The van der Waals surface area contributed by atoms with Crippen molar-refractivity contribution in [2.75, 3.05) is 6.54 Å². The first-order valence-corrected chi connectivity index (χ1v) is 9.85. The number of rotatable bonds is 5. The Kier molecular flexibility index (Phi) is 4.22. The summed E-state index contributed by atoms with van der Waals surface area (Å²) in [5.74, 6) is -0.461. The Labute approximate surface area is 142 Å². The van der Waals surface area contributed by atoms with Crippen LogP contribution >= 0.6 is 0 Å². The van der Waals surface area contributed by atoms with Crippen LogP contribution in [0.25, 0.3) is 0 Å².